The normalized spacial score (nSPS) is 23.4. The summed E-state index contributed by atoms with van der Waals surface area (Å²) in [7, 11) is 0. The van der Waals surface area contributed by atoms with Crippen LogP contribution in [0.5, 0.6) is 0 Å². The molecular weight excluding hydrogens is 360 g/mol. The quantitative estimate of drug-likeness (QED) is 0.806. The topological polar surface area (TPSA) is 58.6 Å². The molecule has 0 spiro atoms. The van der Waals surface area contributed by atoms with Gasteiger partial charge in [0, 0.05) is 12.2 Å². The van der Waals surface area contributed by atoms with Crippen molar-refractivity contribution in [2.45, 2.75) is 37.7 Å². The number of carbonyl (C=O) groups excluding carboxylic acids is 2. The second-order valence-corrected chi connectivity index (χ2v) is 8.00. The molecule has 0 bridgehead atoms. The number of thioether (sulfide) groups is 1. The van der Waals surface area contributed by atoms with Gasteiger partial charge in [0.1, 0.15) is 6.04 Å². The highest BCUT2D eigenvalue weighted by Crippen LogP contribution is 2.49. The van der Waals surface area contributed by atoms with Gasteiger partial charge in [0.2, 0.25) is 0 Å². The first kappa shape index (κ1) is 17.9. The molecule has 5 nitrogen and oxygen atoms in total. The fourth-order valence-corrected chi connectivity index (χ4v) is 5.09. The van der Waals surface area contributed by atoms with Crippen LogP contribution >= 0.6 is 11.8 Å². The smallest absolute Gasteiger partial charge is 0.329 e. The van der Waals surface area contributed by atoms with Crippen LogP contribution in [-0.2, 0) is 16.1 Å². The fourth-order valence-electron chi connectivity index (χ4n) is 3.81. The number of hydrogen-bond acceptors (Lipinski definition) is 5. The summed E-state index contributed by atoms with van der Waals surface area (Å²) >= 11 is 1.23. The molecule has 2 aromatic rings. The van der Waals surface area contributed by atoms with Gasteiger partial charge in [-0.05, 0) is 31.0 Å². The number of anilines is 1. The molecule has 0 unspecified atom stereocenters. The van der Waals surface area contributed by atoms with Gasteiger partial charge in [-0.1, -0.05) is 59.8 Å². The lowest BCUT2D eigenvalue weighted by Crippen LogP contribution is -2.47. The average Bonchev–Trinajstić information content (AvgIpc) is 2.98. The van der Waals surface area contributed by atoms with Gasteiger partial charge >= 0.3 is 5.97 Å². The van der Waals surface area contributed by atoms with Gasteiger partial charge in [-0.15, -0.1) is 0 Å². The summed E-state index contributed by atoms with van der Waals surface area (Å²) in [5, 5.41) is 3.10. The number of esters is 1. The summed E-state index contributed by atoms with van der Waals surface area (Å²) in [5.74, 6) is -0.305. The van der Waals surface area contributed by atoms with E-state index in [9.17, 15) is 9.59 Å². The number of amides is 1. The van der Waals surface area contributed by atoms with E-state index in [2.05, 4.69) is 11.4 Å². The van der Waals surface area contributed by atoms with Crippen LogP contribution in [0.25, 0.3) is 0 Å². The molecule has 6 heteroatoms. The first-order valence-corrected chi connectivity index (χ1v) is 10.0. The SMILES string of the molecule is CCOC(=O)[C@H]1Nc2ccc(C)cc2[C@H]2[C@@H]1SC(=O)N2Cc1ccccc1. The maximum Gasteiger partial charge on any atom is 0.329 e. The van der Waals surface area contributed by atoms with Crippen molar-refractivity contribution in [1.29, 1.82) is 0 Å². The molecule has 0 aliphatic carbocycles. The minimum Gasteiger partial charge on any atom is -0.464 e. The van der Waals surface area contributed by atoms with Crippen LogP contribution in [0.4, 0.5) is 10.5 Å². The van der Waals surface area contributed by atoms with Crippen molar-refractivity contribution in [3.63, 3.8) is 0 Å². The van der Waals surface area contributed by atoms with Crippen molar-refractivity contribution in [3.05, 3.63) is 65.2 Å². The van der Waals surface area contributed by atoms with Crippen LogP contribution in [0.15, 0.2) is 48.5 Å². The molecule has 0 saturated carbocycles. The molecule has 0 radical (unpaired) electrons. The van der Waals surface area contributed by atoms with Crippen LogP contribution in [0, 0.1) is 6.92 Å². The number of nitrogens with zero attached hydrogens (tertiary/aromatic N) is 1. The minimum atomic E-state index is -0.542. The summed E-state index contributed by atoms with van der Waals surface area (Å²) in [6.07, 6.45) is 0. The second kappa shape index (κ2) is 7.27. The Labute approximate surface area is 163 Å². The molecule has 4 rings (SSSR count). The Balaban J connectivity index is 1.74. The van der Waals surface area contributed by atoms with Crippen LogP contribution in [-0.4, -0.2) is 34.0 Å². The molecule has 140 valence electrons. The summed E-state index contributed by atoms with van der Waals surface area (Å²) in [6.45, 7) is 4.68. The number of carbonyl (C=O) groups is 2. The Morgan fingerprint density at radius 3 is 2.74 bits per heavy atom. The Bertz CT molecular complexity index is 871. The van der Waals surface area contributed by atoms with Crippen LogP contribution in [0.2, 0.25) is 0 Å². The van der Waals surface area contributed by atoms with Crippen LogP contribution in [0.3, 0.4) is 0 Å². The van der Waals surface area contributed by atoms with E-state index in [0.29, 0.717) is 13.2 Å². The molecule has 27 heavy (non-hydrogen) atoms. The van der Waals surface area contributed by atoms with Crippen LogP contribution < -0.4 is 5.32 Å². The highest BCUT2D eigenvalue weighted by Gasteiger charge is 2.51. The van der Waals surface area contributed by atoms with Crippen molar-refractivity contribution in [3.8, 4) is 0 Å². The zero-order chi connectivity index (χ0) is 19.0. The standard InChI is InChI=1S/C21H22N2O3S/c1-3-26-20(24)17-19-18(15-11-13(2)9-10-16(15)22-17)23(21(25)27-19)12-14-7-5-4-6-8-14/h4-11,17-19,22H,3,12H2,1-2H3/t17-,18-,19+/m0/s1. The van der Waals surface area contributed by atoms with Crippen molar-refractivity contribution < 1.29 is 14.3 Å². The lowest BCUT2D eigenvalue weighted by molar-refractivity contribution is -0.144. The van der Waals surface area contributed by atoms with Gasteiger partial charge in [0.25, 0.3) is 5.24 Å². The lowest BCUT2D eigenvalue weighted by atomic mass is 9.90. The molecule has 1 fully saturated rings. The Morgan fingerprint density at radius 2 is 2.00 bits per heavy atom. The van der Waals surface area contributed by atoms with Crippen LogP contribution in [0.1, 0.15) is 29.7 Å². The predicted molar refractivity (Wildman–Crippen MR) is 107 cm³/mol. The fraction of sp³-hybridized carbons (Fsp3) is 0.333. The summed E-state index contributed by atoms with van der Waals surface area (Å²) in [5.41, 5.74) is 4.17. The number of aryl methyl sites for hydroxylation is 1. The maximum atomic E-state index is 12.9. The number of benzene rings is 2. The number of hydrogen-bond donors (Lipinski definition) is 1. The minimum absolute atomic E-state index is 0.000641. The van der Waals surface area contributed by atoms with Crippen molar-refractivity contribution in [1.82, 2.24) is 4.90 Å². The average molecular weight is 382 g/mol. The molecule has 3 atom stereocenters. The molecule has 2 aliphatic rings. The number of fused-ring (bicyclic) bond motifs is 3. The third-order valence-corrected chi connectivity index (χ3v) is 6.26. The van der Waals surface area contributed by atoms with E-state index in [4.69, 9.17) is 4.74 Å². The van der Waals surface area contributed by atoms with E-state index in [0.717, 1.165) is 22.4 Å². The van der Waals surface area contributed by atoms with Gasteiger partial charge in [-0.3, -0.25) is 4.79 Å². The van der Waals surface area contributed by atoms with E-state index >= 15 is 0 Å². The number of ether oxygens (including phenoxy) is 1. The monoisotopic (exact) mass is 382 g/mol. The number of rotatable bonds is 4. The van der Waals surface area contributed by atoms with E-state index < -0.39 is 6.04 Å². The van der Waals surface area contributed by atoms with Crippen molar-refractivity contribution >= 4 is 28.7 Å². The van der Waals surface area contributed by atoms with E-state index in [1.807, 2.05) is 54.3 Å². The highest BCUT2D eigenvalue weighted by atomic mass is 32.2. The van der Waals surface area contributed by atoms with Gasteiger partial charge in [0.05, 0.1) is 17.9 Å². The zero-order valence-corrected chi connectivity index (χ0v) is 16.2. The van der Waals surface area contributed by atoms with Gasteiger partial charge in [-0.25, -0.2) is 4.79 Å². The molecule has 1 amide bonds. The highest BCUT2D eigenvalue weighted by molar-refractivity contribution is 8.14. The molecule has 1 N–H and O–H groups in total. The largest absolute Gasteiger partial charge is 0.464 e. The second-order valence-electron chi connectivity index (χ2n) is 6.87. The van der Waals surface area contributed by atoms with E-state index in [1.54, 1.807) is 6.92 Å². The molecular formula is C21H22N2O3S. The third kappa shape index (κ3) is 3.30. The summed E-state index contributed by atoms with van der Waals surface area (Å²) < 4.78 is 5.27. The van der Waals surface area contributed by atoms with Gasteiger partial charge in [-0.2, -0.15) is 0 Å². The van der Waals surface area contributed by atoms with Crippen molar-refractivity contribution in [2.24, 2.45) is 0 Å². The molecule has 2 aromatic carbocycles. The van der Waals surface area contributed by atoms with Crippen molar-refractivity contribution in [2.75, 3.05) is 11.9 Å². The molecule has 2 heterocycles. The Kier molecular flexibility index (Phi) is 4.83. The predicted octanol–water partition coefficient (Wildman–Crippen LogP) is 4.13. The summed E-state index contributed by atoms with van der Waals surface area (Å²) in [4.78, 5) is 27.3. The van der Waals surface area contributed by atoms with E-state index in [-0.39, 0.29) is 22.5 Å². The zero-order valence-electron chi connectivity index (χ0n) is 15.3. The molecule has 2 aliphatic heterocycles. The first-order valence-electron chi connectivity index (χ1n) is 9.13. The van der Waals surface area contributed by atoms with Gasteiger partial charge in [0.15, 0.2) is 0 Å². The third-order valence-electron chi connectivity index (χ3n) is 5.02. The Morgan fingerprint density at radius 1 is 1.22 bits per heavy atom. The molecule has 1 saturated heterocycles. The van der Waals surface area contributed by atoms with E-state index in [1.165, 1.54) is 11.8 Å². The maximum absolute atomic E-state index is 12.9. The Hall–Kier alpha value is -2.47. The number of nitrogens with one attached hydrogen (secondary N) is 1. The molecule has 0 aromatic heterocycles. The lowest BCUT2D eigenvalue weighted by Gasteiger charge is -2.37. The van der Waals surface area contributed by atoms with Gasteiger partial charge < -0.3 is 15.0 Å². The first-order chi connectivity index (χ1) is 13.1. The summed E-state index contributed by atoms with van der Waals surface area (Å²) in [6, 6.07) is 15.4.